The smallest absolute Gasteiger partial charge is 0.143 e. The first-order chi connectivity index (χ1) is 7.72. The molecule has 0 unspecified atom stereocenters. The Hall–Kier alpha value is -0.280. The minimum atomic E-state index is 0.630. The van der Waals surface area contributed by atoms with Gasteiger partial charge in [-0.15, -0.1) is 11.6 Å². The molecular formula is C12H16BrClN2. The summed E-state index contributed by atoms with van der Waals surface area (Å²) in [6, 6.07) is 2.74. The number of hydrogen-bond donors (Lipinski definition) is 0. The summed E-state index contributed by atoms with van der Waals surface area (Å²) in [4.78, 5) is 6.85. The first kappa shape index (κ1) is 12.2. The summed E-state index contributed by atoms with van der Waals surface area (Å²) in [6.07, 6.45) is 5.77. The van der Waals surface area contributed by atoms with Crippen LogP contribution in [0.5, 0.6) is 0 Å². The zero-order valence-corrected chi connectivity index (χ0v) is 11.8. The van der Waals surface area contributed by atoms with Crippen LogP contribution < -0.4 is 4.90 Å². The third-order valence-electron chi connectivity index (χ3n) is 3.07. The monoisotopic (exact) mass is 302 g/mol. The van der Waals surface area contributed by atoms with Crippen molar-refractivity contribution in [2.75, 3.05) is 17.3 Å². The van der Waals surface area contributed by atoms with Crippen LogP contribution >= 0.6 is 27.5 Å². The van der Waals surface area contributed by atoms with E-state index in [-0.39, 0.29) is 0 Å². The second-order valence-corrected chi connectivity index (χ2v) is 5.52. The molecule has 0 spiro atoms. The van der Waals surface area contributed by atoms with E-state index >= 15 is 0 Å². The summed E-state index contributed by atoms with van der Waals surface area (Å²) in [7, 11) is 0. The Morgan fingerprint density at radius 3 is 2.81 bits per heavy atom. The SMILES string of the molecule is Cc1cnc(N(CCCl)C2CCC2)c(Br)c1. The van der Waals surface area contributed by atoms with Crippen molar-refractivity contribution in [3.63, 3.8) is 0 Å². The summed E-state index contributed by atoms with van der Waals surface area (Å²) < 4.78 is 1.07. The number of nitrogens with zero attached hydrogens (tertiary/aromatic N) is 2. The number of halogens is 2. The standard InChI is InChI=1S/C12H16BrClN2/c1-9-7-11(13)12(15-8-9)16(6-5-14)10-3-2-4-10/h7-8,10H,2-6H2,1H3. The van der Waals surface area contributed by atoms with Gasteiger partial charge in [0.25, 0.3) is 0 Å². The second-order valence-electron chi connectivity index (χ2n) is 4.29. The van der Waals surface area contributed by atoms with Crippen LogP contribution in [0.2, 0.25) is 0 Å². The molecule has 1 fully saturated rings. The molecule has 4 heteroatoms. The van der Waals surface area contributed by atoms with Gasteiger partial charge in [-0.1, -0.05) is 0 Å². The Morgan fingerprint density at radius 1 is 1.56 bits per heavy atom. The van der Waals surface area contributed by atoms with E-state index in [4.69, 9.17) is 11.6 Å². The summed E-state index contributed by atoms with van der Waals surface area (Å²) in [5.74, 6) is 1.69. The lowest BCUT2D eigenvalue weighted by atomic mass is 9.91. The Bertz CT molecular complexity index is 366. The van der Waals surface area contributed by atoms with E-state index in [2.05, 4.69) is 38.8 Å². The predicted octanol–water partition coefficient (Wildman–Crippen LogP) is 3.75. The van der Waals surface area contributed by atoms with Crippen molar-refractivity contribution < 1.29 is 0 Å². The molecule has 0 saturated heterocycles. The molecule has 1 aromatic rings. The molecular weight excluding hydrogens is 288 g/mol. The average Bonchev–Trinajstić information content (AvgIpc) is 2.14. The minimum absolute atomic E-state index is 0.630. The molecule has 88 valence electrons. The van der Waals surface area contributed by atoms with Crippen LogP contribution in [0.4, 0.5) is 5.82 Å². The zero-order valence-electron chi connectivity index (χ0n) is 9.42. The molecule has 0 radical (unpaired) electrons. The number of rotatable bonds is 4. The van der Waals surface area contributed by atoms with E-state index in [1.165, 1.54) is 24.8 Å². The Labute approximate surface area is 110 Å². The molecule has 1 aliphatic rings. The predicted molar refractivity (Wildman–Crippen MR) is 72.4 cm³/mol. The van der Waals surface area contributed by atoms with Gasteiger partial charge >= 0.3 is 0 Å². The lowest BCUT2D eigenvalue weighted by Gasteiger charge is -2.38. The minimum Gasteiger partial charge on any atom is -0.352 e. The fourth-order valence-corrected chi connectivity index (χ4v) is 2.86. The molecule has 0 bridgehead atoms. The van der Waals surface area contributed by atoms with Gasteiger partial charge in [0.2, 0.25) is 0 Å². The first-order valence-corrected chi connectivity index (χ1v) is 7.00. The number of pyridine rings is 1. The molecule has 0 N–H and O–H groups in total. The van der Waals surface area contributed by atoms with Gasteiger partial charge < -0.3 is 4.90 Å². The lowest BCUT2D eigenvalue weighted by Crippen LogP contribution is -2.42. The molecule has 16 heavy (non-hydrogen) atoms. The lowest BCUT2D eigenvalue weighted by molar-refractivity contribution is 0.388. The van der Waals surface area contributed by atoms with Crippen molar-refractivity contribution in [2.24, 2.45) is 0 Å². The highest BCUT2D eigenvalue weighted by molar-refractivity contribution is 9.10. The van der Waals surface area contributed by atoms with E-state index in [0.29, 0.717) is 11.9 Å². The van der Waals surface area contributed by atoms with Gasteiger partial charge in [-0.2, -0.15) is 0 Å². The van der Waals surface area contributed by atoms with Crippen LogP contribution in [0.15, 0.2) is 16.7 Å². The van der Waals surface area contributed by atoms with Gasteiger partial charge in [0, 0.05) is 24.7 Å². The number of anilines is 1. The number of alkyl halides is 1. The van der Waals surface area contributed by atoms with Gasteiger partial charge in [-0.25, -0.2) is 4.98 Å². The fraction of sp³-hybridized carbons (Fsp3) is 0.583. The average molecular weight is 304 g/mol. The van der Waals surface area contributed by atoms with Gasteiger partial charge in [0.1, 0.15) is 5.82 Å². The Morgan fingerprint density at radius 2 is 2.31 bits per heavy atom. The summed E-state index contributed by atoms with van der Waals surface area (Å²) in [6.45, 7) is 2.93. The van der Waals surface area contributed by atoms with Gasteiger partial charge in [0.05, 0.1) is 4.47 Å². The molecule has 1 aromatic heterocycles. The molecule has 0 amide bonds. The fourth-order valence-electron chi connectivity index (χ4n) is 1.99. The zero-order chi connectivity index (χ0) is 11.5. The maximum Gasteiger partial charge on any atom is 0.143 e. The number of aryl methyl sites for hydroxylation is 1. The van der Waals surface area contributed by atoms with Crippen LogP contribution in [-0.4, -0.2) is 23.5 Å². The van der Waals surface area contributed by atoms with Crippen molar-refractivity contribution in [3.05, 3.63) is 22.3 Å². The third kappa shape index (κ3) is 2.51. The molecule has 2 nitrogen and oxygen atoms in total. The normalized spacial score (nSPS) is 15.9. The number of aromatic nitrogens is 1. The maximum atomic E-state index is 5.87. The number of hydrogen-bond acceptors (Lipinski definition) is 2. The van der Waals surface area contributed by atoms with Crippen LogP contribution in [0.3, 0.4) is 0 Å². The van der Waals surface area contributed by atoms with E-state index in [9.17, 15) is 0 Å². The van der Waals surface area contributed by atoms with Gasteiger partial charge in [-0.3, -0.25) is 0 Å². The van der Waals surface area contributed by atoms with Crippen molar-refractivity contribution in [3.8, 4) is 0 Å². The molecule has 1 aliphatic carbocycles. The topological polar surface area (TPSA) is 16.1 Å². The molecule has 0 atom stereocenters. The van der Waals surface area contributed by atoms with E-state index < -0.39 is 0 Å². The quantitative estimate of drug-likeness (QED) is 0.788. The Balaban J connectivity index is 2.23. The van der Waals surface area contributed by atoms with Gasteiger partial charge in [0.15, 0.2) is 0 Å². The van der Waals surface area contributed by atoms with Crippen LogP contribution in [0.25, 0.3) is 0 Å². The molecule has 1 heterocycles. The second kappa shape index (κ2) is 5.37. The highest BCUT2D eigenvalue weighted by Crippen LogP contribution is 2.32. The van der Waals surface area contributed by atoms with Crippen molar-refractivity contribution in [1.29, 1.82) is 0 Å². The highest BCUT2D eigenvalue weighted by Gasteiger charge is 2.26. The first-order valence-electron chi connectivity index (χ1n) is 5.67. The summed E-state index contributed by atoms with van der Waals surface area (Å²) in [5, 5.41) is 0. The molecule has 0 aromatic carbocycles. The molecule has 2 rings (SSSR count). The van der Waals surface area contributed by atoms with E-state index in [1.54, 1.807) is 0 Å². The highest BCUT2D eigenvalue weighted by atomic mass is 79.9. The Kier molecular flexibility index (Phi) is 4.09. The van der Waals surface area contributed by atoms with Crippen LogP contribution in [-0.2, 0) is 0 Å². The van der Waals surface area contributed by atoms with E-state index in [1.807, 2.05) is 6.20 Å². The summed E-state index contributed by atoms with van der Waals surface area (Å²) in [5.41, 5.74) is 1.18. The van der Waals surface area contributed by atoms with Gasteiger partial charge in [-0.05, 0) is 53.7 Å². The van der Waals surface area contributed by atoms with Crippen LogP contribution in [0, 0.1) is 6.92 Å². The largest absolute Gasteiger partial charge is 0.352 e. The van der Waals surface area contributed by atoms with Crippen molar-refractivity contribution in [1.82, 2.24) is 4.98 Å². The molecule has 0 aliphatic heterocycles. The van der Waals surface area contributed by atoms with Crippen LogP contribution in [0.1, 0.15) is 24.8 Å². The van der Waals surface area contributed by atoms with E-state index in [0.717, 1.165) is 16.8 Å². The maximum absolute atomic E-state index is 5.87. The summed E-state index contributed by atoms with van der Waals surface area (Å²) >= 11 is 9.46. The third-order valence-corrected chi connectivity index (χ3v) is 3.82. The van der Waals surface area contributed by atoms with Crippen molar-refractivity contribution in [2.45, 2.75) is 32.2 Å². The molecule has 1 saturated carbocycles. The van der Waals surface area contributed by atoms with Crippen molar-refractivity contribution >= 4 is 33.3 Å².